The van der Waals surface area contributed by atoms with Crippen molar-refractivity contribution in [3.8, 4) is 12.3 Å². The van der Waals surface area contributed by atoms with E-state index in [1.807, 2.05) is 6.92 Å². The second-order valence-electron chi connectivity index (χ2n) is 4.63. The van der Waals surface area contributed by atoms with E-state index in [0.29, 0.717) is 31.1 Å². The van der Waals surface area contributed by atoms with E-state index in [1.165, 1.54) is 0 Å². The molecule has 6 nitrogen and oxygen atoms in total. The Morgan fingerprint density at radius 2 is 2.04 bits per heavy atom. The normalized spacial score (nSPS) is 11.3. The van der Waals surface area contributed by atoms with Gasteiger partial charge in [0, 0.05) is 6.61 Å². The van der Waals surface area contributed by atoms with Gasteiger partial charge in [0.15, 0.2) is 0 Å². The van der Waals surface area contributed by atoms with Crippen LogP contribution in [0, 0.1) is 12.3 Å². The molecule has 0 heterocycles. The first kappa shape index (κ1) is 18.7. The molecule has 1 unspecified atom stereocenters. The number of hydrogen-bond donors (Lipinski definition) is 2. The number of terminal acetylenes is 1. The highest BCUT2D eigenvalue weighted by Crippen LogP contribution is 2.15. The van der Waals surface area contributed by atoms with E-state index in [0.717, 1.165) is 0 Å². The molecule has 0 radical (unpaired) electrons. The van der Waals surface area contributed by atoms with E-state index in [2.05, 4.69) is 16.6 Å². The molecule has 0 saturated carbocycles. The van der Waals surface area contributed by atoms with Gasteiger partial charge in [-0.2, -0.15) is 0 Å². The van der Waals surface area contributed by atoms with E-state index in [1.54, 1.807) is 31.2 Å². The number of hydrogen-bond acceptors (Lipinski definition) is 4. The summed E-state index contributed by atoms with van der Waals surface area (Å²) >= 11 is 0. The first-order valence-corrected chi connectivity index (χ1v) is 7.41. The van der Waals surface area contributed by atoms with Crippen LogP contribution in [0.3, 0.4) is 0 Å². The fourth-order valence-electron chi connectivity index (χ4n) is 1.75. The van der Waals surface area contributed by atoms with Gasteiger partial charge in [0.2, 0.25) is 0 Å². The van der Waals surface area contributed by atoms with Gasteiger partial charge in [0.05, 0.1) is 31.0 Å². The summed E-state index contributed by atoms with van der Waals surface area (Å²) in [4.78, 5) is 24.1. The van der Waals surface area contributed by atoms with Crippen LogP contribution in [0.5, 0.6) is 0 Å². The number of carbonyl (C=O) groups is 2. The van der Waals surface area contributed by atoms with Gasteiger partial charge in [-0.3, -0.25) is 9.59 Å². The summed E-state index contributed by atoms with van der Waals surface area (Å²) in [5, 5.41) is 5.26. The zero-order valence-electron chi connectivity index (χ0n) is 13.4. The van der Waals surface area contributed by atoms with Crippen LogP contribution < -0.4 is 10.6 Å². The predicted octanol–water partition coefficient (Wildman–Crippen LogP) is 1.43. The second-order valence-corrected chi connectivity index (χ2v) is 4.63. The van der Waals surface area contributed by atoms with Crippen LogP contribution >= 0.6 is 0 Å². The SMILES string of the molecule is C#CCNC(=O)c1ccccc1NC(=O)C(C)OCCOCC. The van der Waals surface area contributed by atoms with Crippen molar-refractivity contribution < 1.29 is 19.1 Å². The van der Waals surface area contributed by atoms with Crippen molar-refractivity contribution in [1.29, 1.82) is 0 Å². The summed E-state index contributed by atoms with van der Waals surface area (Å²) in [5.74, 6) is 1.65. The molecule has 23 heavy (non-hydrogen) atoms. The molecule has 6 heteroatoms. The van der Waals surface area contributed by atoms with Crippen molar-refractivity contribution in [2.24, 2.45) is 0 Å². The van der Waals surface area contributed by atoms with Gasteiger partial charge in [-0.1, -0.05) is 18.1 Å². The number of rotatable bonds is 9. The first-order chi connectivity index (χ1) is 11.1. The zero-order valence-corrected chi connectivity index (χ0v) is 13.4. The third-order valence-electron chi connectivity index (χ3n) is 2.95. The molecule has 124 valence electrons. The second kappa shape index (κ2) is 10.4. The number of carbonyl (C=O) groups excluding carboxylic acids is 2. The van der Waals surface area contributed by atoms with Crippen molar-refractivity contribution in [1.82, 2.24) is 5.32 Å². The Morgan fingerprint density at radius 3 is 2.74 bits per heavy atom. The Kier molecular flexibility index (Phi) is 8.43. The highest BCUT2D eigenvalue weighted by atomic mass is 16.5. The smallest absolute Gasteiger partial charge is 0.254 e. The molecule has 1 aromatic carbocycles. The third-order valence-corrected chi connectivity index (χ3v) is 2.95. The minimum absolute atomic E-state index is 0.123. The lowest BCUT2D eigenvalue weighted by atomic mass is 10.1. The van der Waals surface area contributed by atoms with Crippen LogP contribution in [0.25, 0.3) is 0 Å². The third kappa shape index (κ3) is 6.51. The first-order valence-electron chi connectivity index (χ1n) is 7.41. The molecule has 0 aliphatic carbocycles. The van der Waals surface area contributed by atoms with E-state index in [-0.39, 0.29) is 18.4 Å². The lowest BCUT2D eigenvalue weighted by Crippen LogP contribution is -2.30. The highest BCUT2D eigenvalue weighted by Gasteiger charge is 2.17. The molecule has 2 amide bonds. The molecule has 0 bridgehead atoms. The molecule has 2 N–H and O–H groups in total. The Balaban J connectivity index is 2.64. The number of para-hydroxylation sites is 1. The van der Waals surface area contributed by atoms with Crippen LogP contribution in [-0.2, 0) is 14.3 Å². The van der Waals surface area contributed by atoms with Crippen molar-refractivity contribution in [2.45, 2.75) is 20.0 Å². The molecular formula is C17H22N2O4. The van der Waals surface area contributed by atoms with Crippen molar-refractivity contribution in [2.75, 3.05) is 31.7 Å². The fourth-order valence-corrected chi connectivity index (χ4v) is 1.75. The monoisotopic (exact) mass is 318 g/mol. The molecule has 1 rings (SSSR count). The zero-order chi connectivity index (χ0) is 17.1. The van der Waals surface area contributed by atoms with Gasteiger partial charge in [-0.15, -0.1) is 6.42 Å². The summed E-state index contributed by atoms with van der Waals surface area (Å²) in [6.07, 6.45) is 4.46. The highest BCUT2D eigenvalue weighted by molar-refractivity contribution is 6.04. The van der Waals surface area contributed by atoms with Crippen LogP contribution in [0.1, 0.15) is 24.2 Å². The van der Waals surface area contributed by atoms with Crippen LogP contribution in [0.15, 0.2) is 24.3 Å². The average molecular weight is 318 g/mol. The Morgan fingerprint density at radius 1 is 1.30 bits per heavy atom. The maximum Gasteiger partial charge on any atom is 0.254 e. The molecule has 0 spiro atoms. The molecule has 0 aliphatic rings. The fraction of sp³-hybridized carbons (Fsp3) is 0.412. The maximum absolute atomic E-state index is 12.1. The summed E-state index contributed by atoms with van der Waals surface area (Å²) < 4.78 is 10.5. The van der Waals surface area contributed by atoms with Gasteiger partial charge >= 0.3 is 0 Å². The maximum atomic E-state index is 12.1. The molecule has 1 aromatic rings. The number of nitrogens with one attached hydrogen (secondary N) is 2. The van der Waals surface area contributed by atoms with E-state index in [9.17, 15) is 9.59 Å². The van der Waals surface area contributed by atoms with Crippen LogP contribution in [0.4, 0.5) is 5.69 Å². The van der Waals surface area contributed by atoms with Crippen LogP contribution in [0.2, 0.25) is 0 Å². The number of benzene rings is 1. The van der Waals surface area contributed by atoms with Crippen LogP contribution in [-0.4, -0.2) is 44.3 Å². The quantitative estimate of drug-likeness (QED) is 0.533. The summed E-state index contributed by atoms with van der Waals surface area (Å²) in [7, 11) is 0. The van der Waals surface area contributed by atoms with E-state index in [4.69, 9.17) is 15.9 Å². The van der Waals surface area contributed by atoms with Crippen molar-refractivity contribution >= 4 is 17.5 Å². The minimum Gasteiger partial charge on any atom is -0.379 e. The van der Waals surface area contributed by atoms with Gasteiger partial charge in [0.1, 0.15) is 6.10 Å². The average Bonchev–Trinajstić information content (AvgIpc) is 2.56. The number of anilines is 1. The number of amides is 2. The molecule has 0 aromatic heterocycles. The van der Waals surface area contributed by atoms with Crippen molar-refractivity contribution in [3.63, 3.8) is 0 Å². The Labute approximate surface area is 136 Å². The van der Waals surface area contributed by atoms with Crippen molar-refractivity contribution in [3.05, 3.63) is 29.8 Å². The lowest BCUT2D eigenvalue weighted by molar-refractivity contribution is -0.127. The molecule has 1 atom stereocenters. The van der Waals surface area contributed by atoms with Gasteiger partial charge < -0.3 is 20.1 Å². The van der Waals surface area contributed by atoms with E-state index < -0.39 is 6.10 Å². The molecule has 0 fully saturated rings. The molecule has 0 saturated heterocycles. The lowest BCUT2D eigenvalue weighted by Gasteiger charge is -2.15. The van der Waals surface area contributed by atoms with E-state index >= 15 is 0 Å². The Bertz CT molecular complexity index is 566. The summed E-state index contributed by atoms with van der Waals surface area (Å²) in [5.41, 5.74) is 0.755. The van der Waals surface area contributed by atoms with Gasteiger partial charge in [-0.05, 0) is 26.0 Å². The molecular weight excluding hydrogens is 296 g/mol. The number of ether oxygens (including phenoxy) is 2. The Hall–Kier alpha value is -2.36. The molecule has 0 aliphatic heterocycles. The summed E-state index contributed by atoms with van der Waals surface area (Å²) in [6, 6.07) is 6.70. The standard InChI is InChI=1S/C17H22N2O4/c1-4-10-18-17(21)14-8-6-7-9-15(14)19-16(20)13(3)23-12-11-22-5-2/h1,6-9,13H,5,10-12H2,2-3H3,(H,18,21)(H,19,20). The predicted molar refractivity (Wildman–Crippen MR) is 88.1 cm³/mol. The largest absolute Gasteiger partial charge is 0.379 e. The summed E-state index contributed by atoms with van der Waals surface area (Å²) in [6.45, 7) is 5.01. The topological polar surface area (TPSA) is 76.7 Å². The minimum atomic E-state index is -0.655. The van der Waals surface area contributed by atoms with Gasteiger partial charge in [-0.25, -0.2) is 0 Å². The van der Waals surface area contributed by atoms with Gasteiger partial charge in [0.25, 0.3) is 11.8 Å².